The number of Topliss-reactive ketones (excluding diaryl/α,β-unsaturated/α-hetero) is 1. The van der Waals surface area contributed by atoms with E-state index in [1.807, 2.05) is 55.5 Å². The zero-order chi connectivity index (χ0) is 24.5. The highest BCUT2D eigenvalue weighted by Gasteiger charge is 2.43. The minimum Gasteiger partial charge on any atom is -0.497 e. The van der Waals surface area contributed by atoms with E-state index < -0.39 is 11.9 Å². The Kier molecular flexibility index (Phi) is 6.51. The number of nitrogens with one attached hydrogen (secondary N) is 1. The van der Waals surface area contributed by atoms with Gasteiger partial charge < -0.3 is 19.5 Å². The Morgan fingerprint density at radius 1 is 0.971 bits per heavy atom. The first kappa shape index (κ1) is 23.6. The molecule has 0 saturated carbocycles. The number of carbonyl (C=O) groups is 2. The molecule has 1 atom stereocenters. The average Bonchev–Trinajstić information content (AvgIpc) is 2.81. The highest BCUT2D eigenvalue weighted by molar-refractivity contribution is 6.04. The van der Waals surface area contributed by atoms with E-state index in [0.29, 0.717) is 29.0 Å². The summed E-state index contributed by atoms with van der Waals surface area (Å²) in [5, 5.41) is 3.37. The van der Waals surface area contributed by atoms with Crippen molar-refractivity contribution in [2.45, 2.75) is 46.1 Å². The highest BCUT2D eigenvalue weighted by atomic mass is 16.5. The molecule has 0 spiro atoms. The number of methoxy groups -OCH3 is 2. The molecule has 178 valence electrons. The zero-order valence-corrected chi connectivity index (χ0v) is 20.4. The monoisotopic (exact) mass is 461 g/mol. The Labute approximate surface area is 200 Å². The van der Waals surface area contributed by atoms with E-state index >= 15 is 0 Å². The van der Waals surface area contributed by atoms with Crippen LogP contribution in [-0.2, 0) is 20.9 Å². The minimum atomic E-state index is -0.492. The Morgan fingerprint density at radius 3 is 2.15 bits per heavy atom. The predicted molar refractivity (Wildman–Crippen MR) is 129 cm³/mol. The van der Waals surface area contributed by atoms with Crippen LogP contribution in [0.5, 0.6) is 11.5 Å². The zero-order valence-electron chi connectivity index (χ0n) is 20.4. The molecule has 0 radical (unpaired) electrons. The highest BCUT2D eigenvalue weighted by Crippen LogP contribution is 2.47. The van der Waals surface area contributed by atoms with Crippen LogP contribution in [0, 0.1) is 5.41 Å². The predicted octanol–water partition coefficient (Wildman–Crippen LogP) is 5.05. The Bertz CT molecular complexity index is 1160. The summed E-state index contributed by atoms with van der Waals surface area (Å²) in [7, 11) is 3.22. The third kappa shape index (κ3) is 4.72. The number of ether oxygens (including phenoxy) is 3. The maximum absolute atomic E-state index is 13.4. The molecule has 0 fully saturated rings. The third-order valence-corrected chi connectivity index (χ3v) is 6.44. The number of benzene rings is 2. The molecule has 2 aromatic carbocycles. The summed E-state index contributed by atoms with van der Waals surface area (Å²) in [5.41, 5.74) is 4.30. The van der Waals surface area contributed by atoms with Crippen molar-refractivity contribution < 1.29 is 23.8 Å². The fraction of sp³-hybridized carbons (Fsp3) is 0.357. The molecule has 0 amide bonds. The molecule has 0 saturated heterocycles. The second-order valence-electron chi connectivity index (χ2n) is 9.63. The van der Waals surface area contributed by atoms with Crippen molar-refractivity contribution in [3.05, 3.63) is 82.2 Å². The van der Waals surface area contributed by atoms with E-state index in [1.54, 1.807) is 14.2 Å². The number of hydrogen-bond acceptors (Lipinski definition) is 6. The summed E-state index contributed by atoms with van der Waals surface area (Å²) < 4.78 is 16.2. The molecule has 34 heavy (non-hydrogen) atoms. The molecule has 0 bridgehead atoms. The summed E-state index contributed by atoms with van der Waals surface area (Å²) in [4.78, 5) is 26.8. The lowest BCUT2D eigenvalue weighted by Gasteiger charge is -2.39. The number of rotatable bonds is 6. The lowest BCUT2D eigenvalue weighted by atomic mass is 9.68. The van der Waals surface area contributed by atoms with Crippen LogP contribution in [0.2, 0.25) is 0 Å². The van der Waals surface area contributed by atoms with Crippen LogP contribution in [0.4, 0.5) is 0 Å². The van der Waals surface area contributed by atoms with E-state index in [1.165, 1.54) is 0 Å². The van der Waals surface area contributed by atoms with Crippen LogP contribution < -0.4 is 14.8 Å². The van der Waals surface area contributed by atoms with Gasteiger partial charge in [-0.1, -0.05) is 38.1 Å². The molecule has 1 N–H and O–H groups in total. The molecular formula is C28H31NO5. The van der Waals surface area contributed by atoms with E-state index in [2.05, 4.69) is 19.2 Å². The van der Waals surface area contributed by atoms with Crippen molar-refractivity contribution in [2.24, 2.45) is 5.41 Å². The van der Waals surface area contributed by atoms with Crippen LogP contribution in [-0.4, -0.2) is 26.0 Å². The normalized spacial score (nSPS) is 19.3. The number of allylic oxidation sites excluding steroid dienone is 3. The van der Waals surface area contributed by atoms with Crippen molar-refractivity contribution in [1.82, 2.24) is 5.32 Å². The van der Waals surface area contributed by atoms with E-state index in [0.717, 1.165) is 29.0 Å². The molecule has 6 heteroatoms. The third-order valence-electron chi connectivity index (χ3n) is 6.44. The largest absolute Gasteiger partial charge is 0.497 e. The molecule has 2 aromatic rings. The first-order chi connectivity index (χ1) is 16.2. The summed E-state index contributed by atoms with van der Waals surface area (Å²) in [6.45, 7) is 6.19. The number of esters is 1. The maximum Gasteiger partial charge on any atom is 0.337 e. The molecule has 1 aliphatic heterocycles. The molecule has 0 aromatic heterocycles. The van der Waals surface area contributed by atoms with Crippen LogP contribution in [0.3, 0.4) is 0 Å². The summed E-state index contributed by atoms with van der Waals surface area (Å²) in [6, 6.07) is 14.9. The van der Waals surface area contributed by atoms with Gasteiger partial charge in [-0.15, -0.1) is 0 Å². The minimum absolute atomic E-state index is 0.0625. The van der Waals surface area contributed by atoms with Crippen molar-refractivity contribution in [1.29, 1.82) is 0 Å². The Morgan fingerprint density at radius 2 is 1.56 bits per heavy atom. The second kappa shape index (κ2) is 9.37. The van der Waals surface area contributed by atoms with Gasteiger partial charge in [0.2, 0.25) is 0 Å². The molecule has 6 nitrogen and oxygen atoms in total. The van der Waals surface area contributed by atoms with Crippen molar-refractivity contribution >= 4 is 11.8 Å². The van der Waals surface area contributed by atoms with Crippen molar-refractivity contribution in [2.75, 3.05) is 14.2 Å². The Balaban J connectivity index is 1.68. The summed E-state index contributed by atoms with van der Waals surface area (Å²) in [6.07, 6.45) is 1.18. The van der Waals surface area contributed by atoms with Crippen LogP contribution in [0.25, 0.3) is 0 Å². The van der Waals surface area contributed by atoms with Gasteiger partial charge in [0.05, 0.1) is 19.8 Å². The van der Waals surface area contributed by atoms with Gasteiger partial charge in [-0.2, -0.15) is 0 Å². The van der Waals surface area contributed by atoms with E-state index in [-0.39, 0.29) is 17.8 Å². The van der Waals surface area contributed by atoms with Gasteiger partial charge in [0, 0.05) is 29.3 Å². The van der Waals surface area contributed by atoms with E-state index in [4.69, 9.17) is 14.2 Å². The number of ketones is 1. The molecule has 0 unspecified atom stereocenters. The van der Waals surface area contributed by atoms with Crippen LogP contribution in [0.1, 0.15) is 50.7 Å². The Hall–Kier alpha value is -3.54. The first-order valence-electron chi connectivity index (χ1n) is 11.4. The SMILES string of the molecule is COc1ccc(COC(=O)C2=C(C)NC3=C(C(=O)CC(C)(C)C3)[C@H]2c2ccc(OC)cc2)cc1. The smallest absolute Gasteiger partial charge is 0.337 e. The number of hydrogen-bond donors (Lipinski definition) is 1. The summed E-state index contributed by atoms with van der Waals surface area (Å²) >= 11 is 0. The van der Waals surface area contributed by atoms with Gasteiger partial charge in [-0.3, -0.25) is 4.79 Å². The van der Waals surface area contributed by atoms with Crippen LogP contribution in [0.15, 0.2) is 71.1 Å². The van der Waals surface area contributed by atoms with Gasteiger partial charge in [0.25, 0.3) is 0 Å². The quantitative estimate of drug-likeness (QED) is 0.607. The number of dihydropyridines is 1. The second-order valence-corrected chi connectivity index (χ2v) is 9.63. The van der Waals surface area contributed by atoms with Gasteiger partial charge in [0.1, 0.15) is 18.1 Å². The van der Waals surface area contributed by atoms with Crippen molar-refractivity contribution in [3.8, 4) is 11.5 Å². The standard InChI is InChI=1S/C28H31NO5/c1-17-24(27(31)34-16-18-6-10-20(32-4)11-7-18)25(19-8-12-21(33-5)13-9-19)26-22(29-17)14-28(2,3)15-23(26)30/h6-13,25,29H,14-16H2,1-5H3/t25-/m0/s1. The first-order valence-corrected chi connectivity index (χ1v) is 11.4. The molecule has 4 rings (SSSR count). The molecule has 1 aliphatic carbocycles. The summed E-state index contributed by atoms with van der Waals surface area (Å²) in [5.74, 6) is 0.586. The molecular weight excluding hydrogens is 430 g/mol. The van der Waals surface area contributed by atoms with Gasteiger partial charge >= 0.3 is 5.97 Å². The van der Waals surface area contributed by atoms with Crippen LogP contribution >= 0.6 is 0 Å². The van der Waals surface area contributed by atoms with Gasteiger partial charge in [0.15, 0.2) is 5.78 Å². The van der Waals surface area contributed by atoms with Gasteiger partial charge in [-0.25, -0.2) is 4.79 Å². The van der Waals surface area contributed by atoms with E-state index in [9.17, 15) is 9.59 Å². The lowest BCUT2D eigenvalue weighted by Crippen LogP contribution is -2.38. The average molecular weight is 462 g/mol. The van der Waals surface area contributed by atoms with Crippen molar-refractivity contribution in [3.63, 3.8) is 0 Å². The molecule has 1 heterocycles. The maximum atomic E-state index is 13.4. The lowest BCUT2D eigenvalue weighted by molar-refractivity contribution is -0.140. The topological polar surface area (TPSA) is 73.9 Å². The molecule has 2 aliphatic rings. The number of carbonyl (C=O) groups excluding carboxylic acids is 2. The van der Waals surface area contributed by atoms with Gasteiger partial charge in [-0.05, 0) is 54.2 Å². The fourth-order valence-corrected chi connectivity index (χ4v) is 4.78. The fourth-order valence-electron chi connectivity index (χ4n) is 4.78.